The molecule has 0 bridgehead atoms. The molecule has 0 radical (unpaired) electrons. The van der Waals surface area contributed by atoms with Crippen molar-refractivity contribution in [3.8, 4) is 5.75 Å². The van der Waals surface area contributed by atoms with Gasteiger partial charge in [-0.3, -0.25) is 14.3 Å². The molecule has 0 aliphatic carbocycles. The molecule has 0 fully saturated rings. The van der Waals surface area contributed by atoms with E-state index in [2.05, 4.69) is 15.7 Å². The fraction of sp³-hybridized carbons (Fsp3) is 0.261. The first-order valence-corrected chi connectivity index (χ1v) is 10.1. The SMILES string of the molecule is O=C1CCc2cc(OCCCC(=O)Nc3ccccc3Cn3cccn3)ccc2N1. The summed E-state index contributed by atoms with van der Waals surface area (Å²) in [6.45, 7) is 1.05. The van der Waals surface area contributed by atoms with Gasteiger partial charge in [-0.1, -0.05) is 18.2 Å². The van der Waals surface area contributed by atoms with Crippen molar-refractivity contribution in [2.75, 3.05) is 17.2 Å². The number of rotatable bonds is 8. The van der Waals surface area contributed by atoms with Crippen LogP contribution >= 0.6 is 0 Å². The van der Waals surface area contributed by atoms with Gasteiger partial charge in [0.15, 0.2) is 0 Å². The second-order valence-electron chi connectivity index (χ2n) is 7.23. The first-order chi connectivity index (χ1) is 14.7. The molecule has 0 atom stereocenters. The van der Waals surface area contributed by atoms with Gasteiger partial charge in [-0.15, -0.1) is 0 Å². The van der Waals surface area contributed by atoms with Gasteiger partial charge in [-0.25, -0.2) is 0 Å². The Kier molecular flexibility index (Phi) is 6.08. The fourth-order valence-electron chi connectivity index (χ4n) is 3.43. The van der Waals surface area contributed by atoms with Crippen LogP contribution in [0.4, 0.5) is 11.4 Å². The topological polar surface area (TPSA) is 85.2 Å². The third kappa shape index (κ3) is 5.05. The van der Waals surface area contributed by atoms with Crippen LogP contribution in [0.1, 0.15) is 30.4 Å². The third-order valence-electron chi connectivity index (χ3n) is 4.97. The molecule has 2 aromatic carbocycles. The molecule has 2 heterocycles. The highest BCUT2D eigenvalue weighted by Gasteiger charge is 2.15. The van der Waals surface area contributed by atoms with Crippen LogP contribution in [0.15, 0.2) is 60.9 Å². The lowest BCUT2D eigenvalue weighted by atomic mass is 10.0. The predicted octanol–water partition coefficient (Wildman–Crippen LogP) is 3.61. The van der Waals surface area contributed by atoms with Crippen molar-refractivity contribution < 1.29 is 14.3 Å². The van der Waals surface area contributed by atoms with E-state index in [1.54, 1.807) is 6.20 Å². The van der Waals surface area contributed by atoms with Gasteiger partial charge in [0.1, 0.15) is 5.75 Å². The predicted molar refractivity (Wildman–Crippen MR) is 115 cm³/mol. The summed E-state index contributed by atoms with van der Waals surface area (Å²) in [6, 6.07) is 15.3. The van der Waals surface area contributed by atoms with Crippen LogP contribution in [0, 0.1) is 0 Å². The maximum absolute atomic E-state index is 12.4. The highest BCUT2D eigenvalue weighted by Crippen LogP contribution is 2.27. The number of carbonyl (C=O) groups excluding carboxylic acids is 2. The molecule has 1 aliphatic rings. The van der Waals surface area contributed by atoms with Gasteiger partial charge >= 0.3 is 0 Å². The molecular weight excluding hydrogens is 380 g/mol. The molecule has 1 aliphatic heterocycles. The smallest absolute Gasteiger partial charge is 0.224 e. The number of nitrogens with zero attached hydrogens (tertiary/aromatic N) is 2. The number of para-hydroxylation sites is 1. The lowest BCUT2D eigenvalue weighted by Gasteiger charge is -2.17. The van der Waals surface area contributed by atoms with Crippen molar-refractivity contribution in [3.63, 3.8) is 0 Å². The van der Waals surface area contributed by atoms with Crippen molar-refractivity contribution in [1.29, 1.82) is 0 Å². The highest BCUT2D eigenvalue weighted by atomic mass is 16.5. The van der Waals surface area contributed by atoms with E-state index in [1.165, 1.54) is 0 Å². The second-order valence-corrected chi connectivity index (χ2v) is 7.23. The number of aromatic nitrogens is 2. The number of anilines is 2. The van der Waals surface area contributed by atoms with E-state index in [0.29, 0.717) is 32.4 Å². The largest absolute Gasteiger partial charge is 0.494 e. The molecule has 0 saturated heterocycles. The van der Waals surface area contributed by atoms with E-state index in [9.17, 15) is 9.59 Å². The molecule has 1 aromatic heterocycles. The number of aryl methyl sites for hydroxylation is 1. The molecule has 0 spiro atoms. The highest BCUT2D eigenvalue weighted by molar-refractivity contribution is 5.94. The molecule has 7 heteroatoms. The van der Waals surface area contributed by atoms with Crippen molar-refractivity contribution in [3.05, 3.63) is 72.1 Å². The number of benzene rings is 2. The summed E-state index contributed by atoms with van der Waals surface area (Å²) < 4.78 is 7.61. The Morgan fingerprint density at radius 2 is 2.07 bits per heavy atom. The first-order valence-electron chi connectivity index (χ1n) is 10.1. The zero-order valence-electron chi connectivity index (χ0n) is 16.6. The van der Waals surface area contributed by atoms with Crippen LogP contribution in [-0.4, -0.2) is 28.2 Å². The van der Waals surface area contributed by atoms with Crippen molar-refractivity contribution in [2.24, 2.45) is 0 Å². The molecule has 7 nitrogen and oxygen atoms in total. The van der Waals surface area contributed by atoms with E-state index in [1.807, 2.05) is 59.4 Å². The Labute approximate surface area is 175 Å². The summed E-state index contributed by atoms with van der Waals surface area (Å²) in [5.41, 5.74) is 3.74. The van der Waals surface area contributed by atoms with Crippen molar-refractivity contribution in [2.45, 2.75) is 32.2 Å². The number of fused-ring (bicyclic) bond motifs is 1. The molecule has 2 amide bonds. The average Bonchev–Trinajstić information content (AvgIpc) is 3.26. The quantitative estimate of drug-likeness (QED) is 0.562. The summed E-state index contributed by atoms with van der Waals surface area (Å²) in [5, 5.41) is 10.1. The number of nitrogens with one attached hydrogen (secondary N) is 2. The maximum atomic E-state index is 12.4. The molecule has 4 rings (SSSR count). The van der Waals surface area contributed by atoms with Gasteiger partial charge in [0, 0.05) is 36.6 Å². The summed E-state index contributed by atoms with van der Waals surface area (Å²) in [6.07, 6.45) is 5.83. The maximum Gasteiger partial charge on any atom is 0.224 e. The number of ether oxygens (including phenoxy) is 1. The Morgan fingerprint density at radius 3 is 2.93 bits per heavy atom. The normalized spacial score (nSPS) is 12.7. The van der Waals surface area contributed by atoms with Crippen LogP contribution in [0.5, 0.6) is 5.75 Å². The van der Waals surface area contributed by atoms with E-state index in [-0.39, 0.29) is 11.8 Å². The van der Waals surface area contributed by atoms with Crippen LogP contribution in [0.2, 0.25) is 0 Å². The minimum absolute atomic E-state index is 0.0420. The van der Waals surface area contributed by atoms with E-state index >= 15 is 0 Å². The lowest BCUT2D eigenvalue weighted by Crippen LogP contribution is -2.18. The molecular formula is C23H24N4O3. The molecule has 2 N–H and O–H groups in total. The Bertz CT molecular complexity index is 1030. The summed E-state index contributed by atoms with van der Waals surface area (Å²) in [5.74, 6) is 0.767. The molecule has 0 unspecified atom stereocenters. The van der Waals surface area contributed by atoms with Crippen LogP contribution < -0.4 is 15.4 Å². The van der Waals surface area contributed by atoms with Gasteiger partial charge in [0.2, 0.25) is 11.8 Å². The Hall–Kier alpha value is -3.61. The van der Waals surface area contributed by atoms with Crippen LogP contribution in [0.3, 0.4) is 0 Å². The zero-order chi connectivity index (χ0) is 20.8. The van der Waals surface area contributed by atoms with Gasteiger partial charge < -0.3 is 15.4 Å². The summed E-state index contributed by atoms with van der Waals surface area (Å²) in [7, 11) is 0. The molecule has 30 heavy (non-hydrogen) atoms. The summed E-state index contributed by atoms with van der Waals surface area (Å²) >= 11 is 0. The summed E-state index contributed by atoms with van der Waals surface area (Å²) in [4.78, 5) is 23.8. The second kappa shape index (κ2) is 9.26. The number of amides is 2. The number of hydrogen-bond acceptors (Lipinski definition) is 4. The van der Waals surface area contributed by atoms with Crippen LogP contribution in [-0.2, 0) is 22.6 Å². The van der Waals surface area contributed by atoms with Crippen LogP contribution in [0.25, 0.3) is 0 Å². The fourth-order valence-corrected chi connectivity index (χ4v) is 3.43. The molecule has 0 saturated carbocycles. The zero-order valence-corrected chi connectivity index (χ0v) is 16.6. The monoisotopic (exact) mass is 404 g/mol. The van der Waals surface area contributed by atoms with Gasteiger partial charge in [-0.05, 0) is 54.3 Å². The van der Waals surface area contributed by atoms with Gasteiger partial charge in [0.05, 0.1) is 13.2 Å². The Balaban J connectivity index is 1.25. The van der Waals surface area contributed by atoms with E-state index in [4.69, 9.17) is 4.74 Å². The molecule has 154 valence electrons. The minimum atomic E-state index is -0.0420. The third-order valence-corrected chi connectivity index (χ3v) is 4.97. The average molecular weight is 404 g/mol. The van der Waals surface area contributed by atoms with E-state index < -0.39 is 0 Å². The van der Waals surface area contributed by atoms with Crippen molar-refractivity contribution >= 4 is 23.2 Å². The molecule has 3 aromatic rings. The standard InChI is InChI=1S/C23H24N4O3/c28-22(25-20-6-2-1-5-18(20)16-27-13-4-12-24-27)7-3-14-30-19-9-10-21-17(15-19)8-11-23(29)26-21/h1-2,4-6,9-10,12-13,15H,3,7-8,11,14,16H2,(H,25,28)(H,26,29). The lowest BCUT2D eigenvalue weighted by molar-refractivity contribution is -0.117. The van der Waals surface area contributed by atoms with E-state index in [0.717, 1.165) is 34.7 Å². The first kappa shape index (κ1) is 19.7. The van der Waals surface area contributed by atoms with Gasteiger partial charge in [-0.2, -0.15) is 5.10 Å². The Morgan fingerprint density at radius 1 is 1.17 bits per heavy atom. The number of carbonyl (C=O) groups is 2. The van der Waals surface area contributed by atoms with Gasteiger partial charge in [0.25, 0.3) is 0 Å². The van der Waals surface area contributed by atoms with Crippen molar-refractivity contribution in [1.82, 2.24) is 9.78 Å². The number of hydrogen-bond donors (Lipinski definition) is 2. The minimum Gasteiger partial charge on any atom is -0.494 e.